The second-order valence-corrected chi connectivity index (χ2v) is 6.72. The van der Waals surface area contributed by atoms with E-state index in [4.69, 9.17) is 0 Å². The van der Waals surface area contributed by atoms with E-state index in [2.05, 4.69) is 10.2 Å². The molecule has 0 aromatic heterocycles. The number of likely N-dealkylation sites (tertiary alicyclic amines) is 1. The third-order valence-corrected chi connectivity index (χ3v) is 5.77. The molecule has 0 aromatic carbocycles. The number of carbonyl (C=O) groups excluding carboxylic acids is 1. The number of hydrogen-bond acceptors (Lipinski definition) is 2. The molecule has 1 spiro atoms. The fourth-order valence-electron chi connectivity index (χ4n) is 4.67. The second-order valence-electron chi connectivity index (χ2n) is 6.72. The van der Waals surface area contributed by atoms with Gasteiger partial charge in [0.2, 0.25) is 5.91 Å². The van der Waals surface area contributed by atoms with Gasteiger partial charge in [-0.1, -0.05) is 6.42 Å². The minimum atomic E-state index is 0.438. The van der Waals surface area contributed by atoms with Crippen LogP contribution in [0.1, 0.15) is 32.1 Å². The van der Waals surface area contributed by atoms with Crippen LogP contribution in [0.5, 0.6) is 0 Å². The van der Waals surface area contributed by atoms with Crippen LogP contribution in [0.25, 0.3) is 0 Å². The molecule has 3 nitrogen and oxygen atoms in total. The first-order valence-corrected chi connectivity index (χ1v) is 7.29. The van der Waals surface area contributed by atoms with Gasteiger partial charge in [-0.25, -0.2) is 0 Å². The zero-order chi connectivity index (χ0) is 11.5. The number of carbonyl (C=O) groups is 1. The number of amides is 1. The fourth-order valence-corrected chi connectivity index (χ4v) is 4.67. The predicted molar refractivity (Wildman–Crippen MR) is 65.4 cm³/mol. The van der Waals surface area contributed by atoms with E-state index in [1.54, 1.807) is 0 Å². The molecule has 4 aliphatic rings. The van der Waals surface area contributed by atoms with Crippen molar-refractivity contribution >= 4 is 5.91 Å². The van der Waals surface area contributed by atoms with Crippen LogP contribution in [0, 0.1) is 23.2 Å². The molecule has 1 N–H and O–H groups in total. The normalized spacial score (nSPS) is 47.8. The first kappa shape index (κ1) is 10.4. The standard InChI is InChI=1S/C14H22N2O/c17-13(12-10-2-1-3-11(10)12)16-7-5-14(9-16)4-6-15-8-14/h10-12,15H,1-9H2. The van der Waals surface area contributed by atoms with E-state index in [0.29, 0.717) is 17.2 Å². The molecular formula is C14H22N2O. The fraction of sp³-hybridized carbons (Fsp3) is 0.929. The van der Waals surface area contributed by atoms with Gasteiger partial charge in [-0.3, -0.25) is 4.79 Å². The smallest absolute Gasteiger partial charge is 0.226 e. The zero-order valence-electron chi connectivity index (χ0n) is 10.5. The van der Waals surface area contributed by atoms with Crippen LogP contribution in [0.15, 0.2) is 0 Å². The van der Waals surface area contributed by atoms with Crippen molar-refractivity contribution in [2.75, 3.05) is 26.2 Å². The number of fused-ring (bicyclic) bond motifs is 1. The van der Waals surface area contributed by atoms with Crippen LogP contribution in [-0.4, -0.2) is 37.0 Å². The maximum Gasteiger partial charge on any atom is 0.226 e. The number of nitrogens with zero attached hydrogens (tertiary/aromatic N) is 1. The van der Waals surface area contributed by atoms with Gasteiger partial charge in [-0.2, -0.15) is 0 Å². The lowest BCUT2D eigenvalue weighted by molar-refractivity contribution is -0.132. The van der Waals surface area contributed by atoms with Crippen molar-refractivity contribution < 1.29 is 4.79 Å². The van der Waals surface area contributed by atoms with E-state index in [-0.39, 0.29) is 0 Å². The van der Waals surface area contributed by atoms with Crippen molar-refractivity contribution in [1.82, 2.24) is 10.2 Å². The molecule has 94 valence electrons. The van der Waals surface area contributed by atoms with Crippen molar-refractivity contribution in [2.45, 2.75) is 32.1 Å². The Labute approximate surface area is 103 Å². The van der Waals surface area contributed by atoms with Crippen molar-refractivity contribution in [1.29, 1.82) is 0 Å². The molecule has 1 amide bonds. The summed E-state index contributed by atoms with van der Waals surface area (Å²) >= 11 is 0. The highest BCUT2D eigenvalue weighted by Gasteiger charge is 2.58. The quantitative estimate of drug-likeness (QED) is 0.740. The summed E-state index contributed by atoms with van der Waals surface area (Å²) in [7, 11) is 0. The van der Waals surface area contributed by atoms with Crippen molar-refractivity contribution in [3.8, 4) is 0 Å². The molecule has 2 saturated carbocycles. The van der Waals surface area contributed by atoms with Gasteiger partial charge in [0.05, 0.1) is 0 Å². The van der Waals surface area contributed by atoms with E-state index < -0.39 is 0 Å². The number of nitrogens with one attached hydrogen (secondary N) is 1. The summed E-state index contributed by atoms with van der Waals surface area (Å²) in [5, 5.41) is 3.46. The molecule has 0 aromatic rings. The van der Waals surface area contributed by atoms with E-state index in [0.717, 1.165) is 38.0 Å². The van der Waals surface area contributed by atoms with Crippen LogP contribution in [0.3, 0.4) is 0 Å². The van der Waals surface area contributed by atoms with Gasteiger partial charge in [0.1, 0.15) is 0 Å². The summed E-state index contributed by atoms with van der Waals surface area (Å²) in [6.45, 7) is 4.34. The highest BCUT2D eigenvalue weighted by Crippen LogP contribution is 2.58. The lowest BCUT2D eigenvalue weighted by Gasteiger charge is -2.23. The molecule has 3 atom stereocenters. The Morgan fingerprint density at radius 2 is 2.06 bits per heavy atom. The lowest BCUT2D eigenvalue weighted by Crippen LogP contribution is -2.34. The summed E-state index contributed by atoms with van der Waals surface area (Å²) in [4.78, 5) is 14.7. The topological polar surface area (TPSA) is 32.3 Å². The first-order chi connectivity index (χ1) is 8.29. The summed E-state index contributed by atoms with van der Waals surface area (Å²) in [6.07, 6.45) is 6.51. The van der Waals surface area contributed by atoms with Gasteiger partial charge in [-0.15, -0.1) is 0 Å². The predicted octanol–water partition coefficient (Wildman–Crippen LogP) is 1.24. The van der Waals surface area contributed by atoms with Crippen LogP contribution in [0.4, 0.5) is 0 Å². The molecule has 2 aliphatic carbocycles. The molecular weight excluding hydrogens is 212 g/mol. The average molecular weight is 234 g/mol. The summed E-state index contributed by atoms with van der Waals surface area (Å²) in [6, 6.07) is 0. The van der Waals surface area contributed by atoms with E-state index in [9.17, 15) is 4.79 Å². The second kappa shape index (κ2) is 3.47. The van der Waals surface area contributed by atoms with Gasteiger partial charge in [-0.05, 0) is 44.1 Å². The summed E-state index contributed by atoms with van der Waals surface area (Å²) in [5.74, 6) is 2.50. The SMILES string of the molecule is O=C(C1C2CCCC21)N1CCC2(CCNC2)C1. The Morgan fingerprint density at radius 3 is 2.76 bits per heavy atom. The van der Waals surface area contributed by atoms with E-state index in [1.165, 1.54) is 32.1 Å². The first-order valence-electron chi connectivity index (χ1n) is 7.29. The monoisotopic (exact) mass is 234 g/mol. The molecule has 3 heteroatoms. The van der Waals surface area contributed by atoms with Gasteiger partial charge >= 0.3 is 0 Å². The third kappa shape index (κ3) is 1.48. The summed E-state index contributed by atoms with van der Waals surface area (Å²) < 4.78 is 0. The molecule has 4 fully saturated rings. The largest absolute Gasteiger partial charge is 0.342 e. The van der Waals surface area contributed by atoms with Crippen LogP contribution < -0.4 is 5.32 Å². The minimum Gasteiger partial charge on any atom is -0.342 e. The van der Waals surface area contributed by atoms with Crippen LogP contribution in [0.2, 0.25) is 0 Å². The van der Waals surface area contributed by atoms with Gasteiger partial charge < -0.3 is 10.2 Å². The Kier molecular flexibility index (Phi) is 2.11. The minimum absolute atomic E-state index is 0.438. The maximum atomic E-state index is 12.5. The zero-order valence-corrected chi connectivity index (χ0v) is 10.5. The Morgan fingerprint density at radius 1 is 1.24 bits per heavy atom. The van der Waals surface area contributed by atoms with Crippen molar-refractivity contribution in [3.63, 3.8) is 0 Å². The third-order valence-electron chi connectivity index (χ3n) is 5.77. The van der Waals surface area contributed by atoms with Crippen LogP contribution in [-0.2, 0) is 4.79 Å². The van der Waals surface area contributed by atoms with Gasteiger partial charge in [0.25, 0.3) is 0 Å². The molecule has 3 unspecified atom stereocenters. The van der Waals surface area contributed by atoms with Gasteiger partial charge in [0, 0.05) is 31.0 Å². The number of hydrogen-bond donors (Lipinski definition) is 1. The van der Waals surface area contributed by atoms with E-state index in [1.807, 2.05) is 0 Å². The lowest BCUT2D eigenvalue weighted by atomic mass is 9.86. The molecule has 17 heavy (non-hydrogen) atoms. The Hall–Kier alpha value is -0.570. The highest BCUT2D eigenvalue weighted by molar-refractivity contribution is 5.83. The Bertz CT molecular complexity index is 338. The molecule has 4 rings (SSSR count). The van der Waals surface area contributed by atoms with Crippen molar-refractivity contribution in [3.05, 3.63) is 0 Å². The average Bonchev–Trinajstić information content (AvgIpc) is 2.85. The molecule has 0 radical (unpaired) electrons. The highest BCUT2D eigenvalue weighted by atomic mass is 16.2. The van der Waals surface area contributed by atoms with E-state index >= 15 is 0 Å². The number of rotatable bonds is 1. The van der Waals surface area contributed by atoms with Gasteiger partial charge in [0.15, 0.2) is 0 Å². The van der Waals surface area contributed by atoms with Crippen LogP contribution >= 0.6 is 0 Å². The molecule has 2 saturated heterocycles. The summed E-state index contributed by atoms with van der Waals surface area (Å²) in [5.41, 5.74) is 0.444. The maximum absolute atomic E-state index is 12.5. The molecule has 0 bridgehead atoms. The Balaban J connectivity index is 1.42. The molecule has 2 aliphatic heterocycles. The van der Waals surface area contributed by atoms with Crippen molar-refractivity contribution in [2.24, 2.45) is 23.2 Å². The molecule has 2 heterocycles.